The summed E-state index contributed by atoms with van der Waals surface area (Å²) in [6.45, 7) is 1.16. The molecule has 0 spiro atoms. The minimum absolute atomic E-state index is 0.0689. The Morgan fingerprint density at radius 1 is 1.03 bits per heavy atom. The highest BCUT2D eigenvalue weighted by molar-refractivity contribution is 5.70. The average molecular weight is 481 g/mol. The molecule has 1 N–H and O–H groups in total. The van der Waals surface area contributed by atoms with Gasteiger partial charge < -0.3 is 14.7 Å². The first-order chi connectivity index (χ1) is 16.8. The Kier molecular flexibility index (Phi) is 7.20. The molecule has 180 valence electrons. The molecule has 1 aromatic heterocycles. The molecular formula is C26H22F3N3O3. The van der Waals surface area contributed by atoms with E-state index in [1.807, 2.05) is 4.90 Å². The van der Waals surface area contributed by atoms with Gasteiger partial charge in [-0.3, -0.25) is 4.79 Å². The van der Waals surface area contributed by atoms with Crippen LogP contribution in [0.4, 0.5) is 19.0 Å². The first-order valence-corrected chi connectivity index (χ1v) is 11.0. The fourth-order valence-electron chi connectivity index (χ4n) is 3.82. The molecule has 3 aromatic rings. The van der Waals surface area contributed by atoms with Crippen molar-refractivity contribution in [3.63, 3.8) is 0 Å². The molecule has 1 aliphatic heterocycles. The quantitative estimate of drug-likeness (QED) is 0.538. The van der Waals surface area contributed by atoms with E-state index in [0.29, 0.717) is 48.6 Å². The average Bonchev–Trinajstić information content (AvgIpc) is 2.83. The van der Waals surface area contributed by atoms with Crippen molar-refractivity contribution >= 4 is 11.8 Å². The number of benzene rings is 2. The van der Waals surface area contributed by atoms with Gasteiger partial charge in [-0.1, -0.05) is 30.2 Å². The third kappa shape index (κ3) is 6.51. The summed E-state index contributed by atoms with van der Waals surface area (Å²) < 4.78 is 45.3. The van der Waals surface area contributed by atoms with E-state index in [0.717, 1.165) is 6.07 Å². The number of nitrogens with zero attached hydrogens (tertiary/aromatic N) is 3. The second-order valence-electron chi connectivity index (χ2n) is 8.10. The van der Waals surface area contributed by atoms with Crippen LogP contribution in [0.5, 0.6) is 5.75 Å². The predicted molar refractivity (Wildman–Crippen MR) is 123 cm³/mol. The summed E-state index contributed by atoms with van der Waals surface area (Å²) in [7, 11) is 0. The lowest BCUT2D eigenvalue weighted by atomic mass is 10.1. The lowest BCUT2D eigenvalue weighted by Gasteiger charge is -2.33. The van der Waals surface area contributed by atoms with Gasteiger partial charge in [0.2, 0.25) is 0 Å². The van der Waals surface area contributed by atoms with E-state index in [1.54, 1.807) is 36.4 Å². The van der Waals surface area contributed by atoms with Crippen LogP contribution in [0.3, 0.4) is 0 Å². The summed E-state index contributed by atoms with van der Waals surface area (Å²) in [5, 5.41) is 17.3. The van der Waals surface area contributed by atoms with Crippen LogP contribution in [0.1, 0.15) is 35.2 Å². The van der Waals surface area contributed by atoms with E-state index in [-0.39, 0.29) is 18.3 Å². The molecule has 6 nitrogen and oxygen atoms in total. The standard InChI is InChI=1S/C26H22F3N3O3/c27-26(28,29)22-6-1-2-7-23(22)35-21-12-14-32(15-13-21)24-11-10-20(30-31-24)9-8-18-4-3-5-19(16-18)17-25(33)34/h1-7,10-11,16,21H,12-15,17H2,(H,33,34). The van der Waals surface area contributed by atoms with E-state index < -0.39 is 17.7 Å². The Hall–Kier alpha value is -4.06. The van der Waals surface area contributed by atoms with Crippen molar-refractivity contribution < 1.29 is 27.8 Å². The number of ether oxygens (including phenoxy) is 1. The molecular weight excluding hydrogens is 459 g/mol. The van der Waals surface area contributed by atoms with Crippen LogP contribution in [0.25, 0.3) is 0 Å². The van der Waals surface area contributed by atoms with Crippen molar-refractivity contribution in [2.45, 2.75) is 31.5 Å². The van der Waals surface area contributed by atoms with Gasteiger partial charge in [0.1, 0.15) is 17.5 Å². The summed E-state index contributed by atoms with van der Waals surface area (Å²) in [5.41, 5.74) is 1.06. The second-order valence-corrected chi connectivity index (χ2v) is 8.10. The van der Waals surface area contributed by atoms with Crippen LogP contribution in [0.15, 0.2) is 60.7 Å². The largest absolute Gasteiger partial charge is 0.490 e. The van der Waals surface area contributed by atoms with Crippen molar-refractivity contribution in [3.8, 4) is 17.6 Å². The number of halogens is 3. The monoisotopic (exact) mass is 481 g/mol. The molecule has 1 saturated heterocycles. The normalized spacial score (nSPS) is 14.2. The molecule has 0 aliphatic carbocycles. The third-order valence-electron chi connectivity index (χ3n) is 5.52. The molecule has 0 saturated carbocycles. The lowest BCUT2D eigenvalue weighted by molar-refractivity contribution is -0.139. The molecule has 2 aromatic carbocycles. The fraction of sp³-hybridized carbons (Fsp3) is 0.269. The number of carboxylic acid groups (broad SMARTS) is 1. The number of alkyl halides is 3. The third-order valence-corrected chi connectivity index (χ3v) is 5.52. The van der Waals surface area contributed by atoms with Gasteiger partial charge in [-0.2, -0.15) is 13.2 Å². The molecule has 0 unspecified atom stereocenters. The Morgan fingerprint density at radius 3 is 2.49 bits per heavy atom. The van der Waals surface area contributed by atoms with Gasteiger partial charge in [0.05, 0.1) is 12.0 Å². The molecule has 4 rings (SSSR count). The zero-order valence-corrected chi connectivity index (χ0v) is 18.6. The first-order valence-electron chi connectivity index (χ1n) is 11.0. The second kappa shape index (κ2) is 10.5. The number of rotatable bonds is 5. The smallest absolute Gasteiger partial charge is 0.419 e. The maximum Gasteiger partial charge on any atom is 0.419 e. The molecule has 2 heterocycles. The number of aromatic nitrogens is 2. The van der Waals surface area contributed by atoms with Crippen LogP contribution in [0, 0.1) is 11.8 Å². The van der Waals surface area contributed by atoms with Crippen molar-refractivity contribution in [2.24, 2.45) is 0 Å². The van der Waals surface area contributed by atoms with Crippen LogP contribution in [-0.4, -0.2) is 40.5 Å². The minimum atomic E-state index is -4.46. The van der Waals surface area contributed by atoms with Gasteiger partial charge >= 0.3 is 12.1 Å². The van der Waals surface area contributed by atoms with Crippen LogP contribution in [0.2, 0.25) is 0 Å². The SMILES string of the molecule is O=C(O)Cc1cccc(C#Cc2ccc(N3CCC(Oc4ccccc4C(F)(F)F)CC3)nn2)c1. The van der Waals surface area contributed by atoms with Crippen LogP contribution in [-0.2, 0) is 17.4 Å². The molecule has 1 fully saturated rings. The highest BCUT2D eigenvalue weighted by Crippen LogP contribution is 2.37. The Labute approximate surface area is 200 Å². The van der Waals surface area contributed by atoms with E-state index in [1.165, 1.54) is 18.2 Å². The van der Waals surface area contributed by atoms with Gasteiger partial charge in [-0.25, -0.2) is 0 Å². The minimum Gasteiger partial charge on any atom is -0.490 e. The van der Waals surface area contributed by atoms with Crippen molar-refractivity contribution in [2.75, 3.05) is 18.0 Å². The number of hydrogen-bond donors (Lipinski definition) is 1. The Morgan fingerprint density at radius 2 is 1.80 bits per heavy atom. The first kappa shape index (κ1) is 24.1. The summed E-state index contributed by atoms with van der Waals surface area (Å²) in [5.74, 6) is 5.50. The Bertz CT molecular complexity index is 1240. The van der Waals surface area contributed by atoms with E-state index >= 15 is 0 Å². The number of aliphatic carboxylic acids is 1. The van der Waals surface area contributed by atoms with Gasteiger partial charge in [0.15, 0.2) is 5.82 Å². The summed E-state index contributed by atoms with van der Waals surface area (Å²) in [4.78, 5) is 12.9. The van der Waals surface area contributed by atoms with E-state index in [9.17, 15) is 18.0 Å². The van der Waals surface area contributed by atoms with Crippen LogP contribution >= 0.6 is 0 Å². The fourth-order valence-corrected chi connectivity index (χ4v) is 3.82. The molecule has 1 aliphatic rings. The van der Waals surface area contributed by atoms with Crippen molar-refractivity contribution in [3.05, 3.63) is 83.0 Å². The number of carboxylic acids is 1. The maximum atomic E-state index is 13.2. The van der Waals surface area contributed by atoms with Gasteiger partial charge in [-0.05, 0) is 47.9 Å². The molecule has 35 heavy (non-hydrogen) atoms. The topological polar surface area (TPSA) is 75.5 Å². The molecule has 0 bridgehead atoms. The number of carbonyl (C=O) groups is 1. The van der Waals surface area contributed by atoms with Gasteiger partial charge in [0, 0.05) is 31.5 Å². The summed E-state index contributed by atoms with van der Waals surface area (Å²) in [6, 6.07) is 15.8. The summed E-state index contributed by atoms with van der Waals surface area (Å²) in [6.07, 6.45) is -3.73. The van der Waals surface area contributed by atoms with Crippen LogP contribution < -0.4 is 9.64 Å². The summed E-state index contributed by atoms with van der Waals surface area (Å²) >= 11 is 0. The highest BCUT2D eigenvalue weighted by Gasteiger charge is 2.35. The van der Waals surface area contributed by atoms with E-state index in [2.05, 4.69) is 22.0 Å². The predicted octanol–water partition coefficient (Wildman–Crippen LogP) is 4.57. The molecule has 0 atom stereocenters. The highest BCUT2D eigenvalue weighted by atomic mass is 19.4. The molecule has 0 amide bonds. The van der Waals surface area contributed by atoms with Gasteiger partial charge in [-0.15, -0.1) is 10.2 Å². The number of para-hydroxylation sites is 1. The van der Waals surface area contributed by atoms with Crippen molar-refractivity contribution in [1.29, 1.82) is 0 Å². The van der Waals surface area contributed by atoms with E-state index in [4.69, 9.17) is 9.84 Å². The molecule has 9 heteroatoms. The Balaban J connectivity index is 1.34. The zero-order valence-electron chi connectivity index (χ0n) is 18.6. The van der Waals surface area contributed by atoms with Gasteiger partial charge in [0.25, 0.3) is 0 Å². The van der Waals surface area contributed by atoms with Crippen molar-refractivity contribution in [1.82, 2.24) is 10.2 Å². The number of anilines is 1. The molecule has 0 radical (unpaired) electrons. The lowest BCUT2D eigenvalue weighted by Crippen LogP contribution is -2.39. The maximum absolute atomic E-state index is 13.2. The zero-order chi connectivity index (χ0) is 24.8. The number of hydrogen-bond acceptors (Lipinski definition) is 5. The number of piperidine rings is 1.